The summed E-state index contributed by atoms with van der Waals surface area (Å²) in [5, 5.41) is 3.73. The lowest BCUT2D eigenvalue weighted by Gasteiger charge is -2.37. The molecule has 0 heterocycles. The summed E-state index contributed by atoms with van der Waals surface area (Å²) in [5.41, 5.74) is 6.88. The molecule has 1 aliphatic rings. The van der Waals surface area contributed by atoms with E-state index in [1.165, 1.54) is 57.8 Å². The maximum atomic E-state index is 6.05. The van der Waals surface area contributed by atoms with Gasteiger partial charge in [-0.1, -0.05) is 59.3 Å². The fourth-order valence-corrected chi connectivity index (χ4v) is 3.36. The van der Waals surface area contributed by atoms with Crippen LogP contribution in [-0.4, -0.2) is 19.6 Å². The first kappa shape index (κ1) is 17.0. The van der Waals surface area contributed by atoms with Crippen LogP contribution in [-0.2, 0) is 0 Å². The molecule has 1 saturated carbocycles. The molecular formula is C17H36N2. The normalized spacial score (nSPS) is 19.6. The fraction of sp³-hybridized carbons (Fsp3) is 1.00. The van der Waals surface area contributed by atoms with Crippen molar-refractivity contribution in [3.63, 3.8) is 0 Å². The number of hydrogen-bond acceptors (Lipinski definition) is 2. The number of nitrogens with two attached hydrogens (primary N) is 1. The smallest absolute Gasteiger partial charge is 0.00201 e. The Morgan fingerprint density at radius 3 is 2.37 bits per heavy atom. The van der Waals surface area contributed by atoms with Crippen molar-refractivity contribution in [3.8, 4) is 0 Å². The summed E-state index contributed by atoms with van der Waals surface area (Å²) in [6.45, 7) is 10.2. The summed E-state index contributed by atoms with van der Waals surface area (Å²) in [4.78, 5) is 0. The first-order valence-electron chi connectivity index (χ1n) is 8.44. The molecule has 0 bridgehead atoms. The molecule has 1 aliphatic carbocycles. The van der Waals surface area contributed by atoms with Crippen molar-refractivity contribution in [2.45, 2.75) is 78.6 Å². The average Bonchev–Trinajstić information content (AvgIpc) is 2.40. The Bertz CT molecular complexity index is 229. The zero-order valence-corrected chi connectivity index (χ0v) is 13.6. The molecule has 19 heavy (non-hydrogen) atoms. The third-order valence-electron chi connectivity index (χ3n) is 4.91. The van der Waals surface area contributed by atoms with Crippen molar-refractivity contribution in [1.82, 2.24) is 5.32 Å². The predicted octanol–water partition coefficient (Wildman–Crippen LogP) is 4.09. The van der Waals surface area contributed by atoms with Crippen LogP contribution < -0.4 is 11.1 Å². The Balaban J connectivity index is 2.26. The van der Waals surface area contributed by atoms with E-state index in [1.807, 2.05) is 0 Å². The highest BCUT2D eigenvalue weighted by atomic mass is 14.9. The minimum Gasteiger partial charge on any atom is -0.330 e. The SMILES string of the molecule is CCCCCC(C)(C)CNCC1(CN)CCCCC1. The molecule has 0 saturated heterocycles. The van der Waals surface area contributed by atoms with Crippen LogP contribution >= 0.6 is 0 Å². The van der Waals surface area contributed by atoms with Gasteiger partial charge in [0.2, 0.25) is 0 Å². The molecular weight excluding hydrogens is 232 g/mol. The third-order valence-corrected chi connectivity index (χ3v) is 4.91. The van der Waals surface area contributed by atoms with Crippen molar-refractivity contribution >= 4 is 0 Å². The standard InChI is InChI=1S/C17H36N2/c1-4-5-7-10-16(2,3)14-19-15-17(13-18)11-8-6-9-12-17/h19H,4-15,18H2,1-3H3. The van der Waals surface area contributed by atoms with E-state index in [2.05, 4.69) is 26.1 Å². The van der Waals surface area contributed by atoms with Gasteiger partial charge in [-0.25, -0.2) is 0 Å². The molecule has 0 amide bonds. The van der Waals surface area contributed by atoms with E-state index in [0.29, 0.717) is 10.8 Å². The number of nitrogens with one attached hydrogen (secondary N) is 1. The van der Waals surface area contributed by atoms with Crippen molar-refractivity contribution < 1.29 is 0 Å². The Labute approximate surface area is 120 Å². The predicted molar refractivity (Wildman–Crippen MR) is 85.4 cm³/mol. The van der Waals surface area contributed by atoms with E-state index in [4.69, 9.17) is 5.73 Å². The second-order valence-electron chi connectivity index (χ2n) is 7.49. The molecule has 114 valence electrons. The van der Waals surface area contributed by atoms with Crippen LogP contribution in [0.1, 0.15) is 78.6 Å². The summed E-state index contributed by atoms with van der Waals surface area (Å²) >= 11 is 0. The fourth-order valence-electron chi connectivity index (χ4n) is 3.36. The van der Waals surface area contributed by atoms with Crippen molar-refractivity contribution in [2.75, 3.05) is 19.6 Å². The van der Waals surface area contributed by atoms with E-state index in [1.54, 1.807) is 0 Å². The Morgan fingerprint density at radius 1 is 1.11 bits per heavy atom. The molecule has 2 nitrogen and oxygen atoms in total. The Hall–Kier alpha value is -0.0800. The summed E-state index contributed by atoms with van der Waals surface area (Å²) in [6.07, 6.45) is 12.2. The molecule has 0 aromatic rings. The van der Waals surface area contributed by atoms with Gasteiger partial charge in [-0.05, 0) is 36.6 Å². The zero-order chi connectivity index (χ0) is 14.2. The van der Waals surface area contributed by atoms with Crippen molar-refractivity contribution in [2.24, 2.45) is 16.6 Å². The lowest BCUT2D eigenvalue weighted by molar-refractivity contribution is 0.179. The van der Waals surface area contributed by atoms with Crippen LogP contribution in [0.15, 0.2) is 0 Å². The highest BCUT2D eigenvalue weighted by molar-refractivity contribution is 4.86. The first-order valence-corrected chi connectivity index (χ1v) is 8.44. The van der Waals surface area contributed by atoms with E-state index in [-0.39, 0.29) is 0 Å². The average molecular weight is 268 g/mol. The zero-order valence-electron chi connectivity index (χ0n) is 13.6. The van der Waals surface area contributed by atoms with Gasteiger partial charge in [-0.15, -0.1) is 0 Å². The summed E-state index contributed by atoms with van der Waals surface area (Å²) in [5.74, 6) is 0. The quantitative estimate of drug-likeness (QED) is 0.618. The van der Waals surface area contributed by atoms with Crippen molar-refractivity contribution in [3.05, 3.63) is 0 Å². The highest BCUT2D eigenvalue weighted by Gasteiger charge is 2.30. The van der Waals surface area contributed by atoms with Crippen molar-refractivity contribution in [1.29, 1.82) is 0 Å². The summed E-state index contributed by atoms with van der Waals surface area (Å²) in [6, 6.07) is 0. The molecule has 0 spiro atoms. The van der Waals surface area contributed by atoms with Gasteiger partial charge >= 0.3 is 0 Å². The lowest BCUT2D eigenvalue weighted by atomic mass is 9.74. The van der Waals surface area contributed by atoms with Crippen LogP contribution in [0.3, 0.4) is 0 Å². The maximum absolute atomic E-state index is 6.05. The van der Waals surface area contributed by atoms with Crippen LogP contribution in [0.2, 0.25) is 0 Å². The summed E-state index contributed by atoms with van der Waals surface area (Å²) in [7, 11) is 0. The molecule has 0 unspecified atom stereocenters. The maximum Gasteiger partial charge on any atom is 0.00201 e. The van der Waals surface area contributed by atoms with Crippen LogP contribution in [0.5, 0.6) is 0 Å². The monoisotopic (exact) mass is 268 g/mol. The molecule has 3 N–H and O–H groups in total. The minimum atomic E-state index is 0.401. The van der Waals surface area contributed by atoms with Gasteiger partial charge in [0, 0.05) is 13.1 Å². The van der Waals surface area contributed by atoms with Crippen LogP contribution in [0, 0.1) is 10.8 Å². The largest absolute Gasteiger partial charge is 0.330 e. The Morgan fingerprint density at radius 2 is 1.79 bits per heavy atom. The highest BCUT2D eigenvalue weighted by Crippen LogP contribution is 2.35. The molecule has 1 rings (SSSR count). The summed E-state index contributed by atoms with van der Waals surface area (Å²) < 4.78 is 0. The van der Waals surface area contributed by atoms with Crippen LogP contribution in [0.25, 0.3) is 0 Å². The molecule has 0 radical (unpaired) electrons. The first-order chi connectivity index (χ1) is 9.04. The number of rotatable bonds is 9. The lowest BCUT2D eigenvalue weighted by Crippen LogP contribution is -2.44. The Kier molecular flexibility index (Phi) is 7.38. The second kappa shape index (κ2) is 8.26. The molecule has 0 aliphatic heterocycles. The van der Waals surface area contributed by atoms with E-state index in [9.17, 15) is 0 Å². The number of unbranched alkanes of at least 4 members (excludes halogenated alkanes) is 2. The van der Waals surface area contributed by atoms with Gasteiger partial charge in [-0.3, -0.25) is 0 Å². The van der Waals surface area contributed by atoms with Gasteiger partial charge in [0.15, 0.2) is 0 Å². The second-order valence-corrected chi connectivity index (χ2v) is 7.49. The molecule has 0 atom stereocenters. The van der Waals surface area contributed by atoms with E-state index < -0.39 is 0 Å². The molecule has 0 aromatic carbocycles. The van der Waals surface area contributed by atoms with Gasteiger partial charge in [-0.2, -0.15) is 0 Å². The van der Waals surface area contributed by atoms with E-state index in [0.717, 1.165) is 19.6 Å². The minimum absolute atomic E-state index is 0.401. The van der Waals surface area contributed by atoms with Gasteiger partial charge in [0.1, 0.15) is 0 Å². The van der Waals surface area contributed by atoms with Gasteiger partial charge < -0.3 is 11.1 Å². The molecule has 2 heteroatoms. The molecule has 0 aromatic heterocycles. The molecule has 1 fully saturated rings. The topological polar surface area (TPSA) is 38.0 Å². The van der Waals surface area contributed by atoms with E-state index >= 15 is 0 Å². The van der Waals surface area contributed by atoms with Gasteiger partial charge in [0.25, 0.3) is 0 Å². The number of hydrogen-bond donors (Lipinski definition) is 2. The van der Waals surface area contributed by atoms with Gasteiger partial charge in [0.05, 0.1) is 0 Å². The van der Waals surface area contributed by atoms with Crippen LogP contribution in [0.4, 0.5) is 0 Å². The third kappa shape index (κ3) is 6.27.